The summed E-state index contributed by atoms with van der Waals surface area (Å²) < 4.78 is 4.56. The molecule has 0 bridgehead atoms. The van der Waals surface area contributed by atoms with Gasteiger partial charge in [-0.1, -0.05) is 0 Å². The van der Waals surface area contributed by atoms with Crippen molar-refractivity contribution in [2.45, 2.75) is 0 Å². The van der Waals surface area contributed by atoms with Crippen LogP contribution in [0, 0.1) is 0 Å². The molecule has 0 unspecified atom stereocenters. The molecular weight excluding hydrogens is 131 g/mol. The zero-order valence-electron chi connectivity index (χ0n) is 5.13. The topological polar surface area (TPSA) is 63.2 Å². The van der Waals surface area contributed by atoms with Crippen molar-refractivity contribution in [3.05, 3.63) is 24.2 Å². The summed E-state index contributed by atoms with van der Waals surface area (Å²) >= 11 is 0. The van der Waals surface area contributed by atoms with Gasteiger partial charge in [-0.05, 0) is 5.76 Å². The molecule has 0 aliphatic rings. The Balaban J connectivity index is 0. The van der Waals surface area contributed by atoms with Gasteiger partial charge >= 0.3 is 29.6 Å². The first-order valence-corrected chi connectivity index (χ1v) is 1.85. The van der Waals surface area contributed by atoms with E-state index in [1.165, 1.54) is 6.26 Å². The second-order valence-electron chi connectivity index (χ2n) is 1.08. The standard InChI is InChI=1S/C5H3O2.Na.H2O/c6-4-5-2-1-3-7-5;;/h1-3H;;1H2/q-1;+1;/p+1. The van der Waals surface area contributed by atoms with Crippen LogP contribution in [0.3, 0.4) is 0 Å². The third-order valence-corrected chi connectivity index (χ3v) is 0.622. The van der Waals surface area contributed by atoms with Crippen LogP contribution in [-0.4, -0.2) is 6.29 Å². The molecule has 3 nitrogen and oxygen atoms in total. The first-order chi connectivity index (χ1) is 3.43. The first-order valence-electron chi connectivity index (χ1n) is 1.85. The van der Waals surface area contributed by atoms with Crippen LogP contribution >= 0.6 is 0 Å². The van der Waals surface area contributed by atoms with Crippen LogP contribution in [0.15, 0.2) is 22.8 Å². The van der Waals surface area contributed by atoms with Crippen LogP contribution in [-0.2, 0) is 10.3 Å². The normalized spacial score (nSPS) is 6.67. The number of hydrogen-bond acceptors (Lipinski definition) is 2. The van der Waals surface area contributed by atoms with Crippen molar-refractivity contribution < 1.29 is 44.2 Å². The van der Waals surface area contributed by atoms with Crippen LogP contribution in [0.5, 0.6) is 0 Å². The number of hydrogen-bond donors (Lipinski definition) is 0. The van der Waals surface area contributed by atoms with E-state index in [0.29, 0.717) is 0 Å². The Bertz CT molecular complexity index is 147. The van der Waals surface area contributed by atoms with Crippen molar-refractivity contribution in [2.24, 2.45) is 0 Å². The molecule has 0 aliphatic heterocycles. The molecule has 0 aliphatic carbocycles. The minimum atomic E-state index is 0. The Morgan fingerprint density at radius 1 is 1.56 bits per heavy atom. The maximum absolute atomic E-state index is 9.65. The van der Waals surface area contributed by atoms with Gasteiger partial charge in [-0.25, -0.2) is 0 Å². The molecule has 0 fully saturated rings. The molecule has 0 saturated carbocycles. The molecule has 4 heteroatoms. The average Bonchev–Trinajstić information content (AvgIpc) is 2.14. The van der Waals surface area contributed by atoms with E-state index in [0.717, 1.165) is 0 Å². The van der Waals surface area contributed by atoms with Crippen LogP contribution in [0.4, 0.5) is 0 Å². The van der Waals surface area contributed by atoms with E-state index < -0.39 is 0 Å². The molecule has 0 atom stereocenters. The first kappa shape index (κ1) is 11.7. The Hall–Kier alpha value is -0.0900. The molecule has 1 heterocycles. The Morgan fingerprint density at radius 2 is 2.22 bits per heavy atom. The van der Waals surface area contributed by atoms with Crippen molar-refractivity contribution in [1.82, 2.24) is 0 Å². The van der Waals surface area contributed by atoms with E-state index in [9.17, 15) is 4.79 Å². The van der Waals surface area contributed by atoms with Gasteiger partial charge in [0.1, 0.15) is 0 Å². The molecule has 0 aromatic carbocycles. The molecule has 1 aromatic rings. The van der Waals surface area contributed by atoms with E-state index >= 15 is 0 Å². The van der Waals surface area contributed by atoms with Gasteiger partial charge in [0.15, 0.2) is 0 Å². The summed E-state index contributed by atoms with van der Waals surface area (Å²) in [4.78, 5) is 9.65. The molecule has 1 aromatic heterocycles. The van der Waals surface area contributed by atoms with Crippen molar-refractivity contribution in [3.63, 3.8) is 0 Å². The number of furan rings is 1. The fraction of sp³-hybridized carbons (Fsp3) is 0. The molecule has 0 amide bonds. The predicted octanol–water partition coefficient (Wildman–Crippen LogP) is -3.18. The largest absolute Gasteiger partial charge is 1.00 e. The van der Waals surface area contributed by atoms with Gasteiger partial charge in [-0.15, -0.1) is 6.07 Å². The maximum Gasteiger partial charge on any atom is 1.00 e. The minimum absolute atomic E-state index is 0. The molecule has 0 saturated heterocycles. The molecule has 3 N–H and O–H groups in total. The molecule has 0 radical (unpaired) electrons. The van der Waals surface area contributed by atoms with Gasteiger partial charge in [-0.3, -0.25) is 0 Å². The van der Waals surface area contributed by atoms with E-state index in [1.807, 2.05) is 0 Å². The van der Waals surface area contributed by atoms with Crippen molar-refractivity contribution in [3.8, 4) is 0 Å². The van der Waals surface area contributed by atoms with E-state index in [4.69, 9.17) is 0 Å². The number of carbonyl (C=O) groups excluding carboxylic acids is 1. The zero-order valence-corrected chi connectivity index (χ0v) is 7.13. The Kier molecular flexibility index (Phi) is 7.83. The summed E-state index contributed by atoms with van der Waals surface area (Å²) in [6.45, 7) is 0. The number of rotatable bonds is 1. The summed E-state index contributed by atoms with van der Waals surface area (Å²) in [5, 5.41) is 0. The summed E-state index contributed by atoms with van der Waals surface area (Å²) in [7, 11) is 0. The predicted molar refractivity (Wildman–Crippen MR) is 28.4 cm³/mol. The van der Waals surface area contributed by atoms with Gasteiger partial charge < -0.3 is 14.7 Å². The monoisotopic (exact) mass is 137 g/mol. The van der Waals surface area contributed by atoms with Gasteiger partial charge in [0.2, 0.25) is 0 Å². The van der Waals surface area contributed by atoms with E-state index in [-0.39, 0.29) is 40.8 Å². The van der Waals surface area contributed by atoms with Crippen molar-refractivity contribution in [1.29, 1.82) is 0 Å². The van der Waals surface area contributed by atoms with Crippen LogP contribution < -0.4 is 29.6 Å². The van der Waals surface area contributed by atoms with Crippen LogP contribution in [0.1, 0.15) is 5.76 Å². The third-order valence-electron chi connectivity index (χ3n) is 0.622. The Morgan fingerprint density at radius 3 is 2.44 bits per heavy atom. The van der Waals surface area contributed by atoms with Crippen LogP contribution in [0.25, 0.3) is 0 Å². The van der Waals surface area contributed by atoms with Gasteiger partial charge in [-0.2, -0.15) is 6.07 Å². The quantitative estimate of drug-likeness (QED) is 0.233. The Labute approximate surface area is 74.6 Å². The molecule has 1 rings (SSSR count). The molecular formula is C5H6NaO3+. The minimum Gasteiger partial charge on any atom is -0.501 e. The summed E-state index contributed by atoms with van der Waals surface area (Å²) in [5.41, 5.74) is 0. The van der Waals surface area contributed by atoms with Crippen molar-refractivity contribution in [2.75, 3.05) is 0 Å². The fourth-order valence-electron chi connectivity index (χ4n) is 0.337. The summed E-state index contributed by atoms with van der Waals surface area (Å²) in [6, 6.07) is 3.19. The fourth-order valence-corrected chi connectivity index (χ4v) is 0.337. The molecule has 44 valence electrons. The van der Waals surface area contributed by atoms with E-state index in [1.54, 1.807) is 18.4 Å². The molecule has 0 spiro atoms. The summed E-state index contributed by atoms with van der Waals surface area (Å²) in [6.07, 6.45) is 3.02. The molecule has 9 heavy (non-hydrogen) atoms. The van der Waals surface area contributed by atoms with Gasteiger partial charge in [0.25, 0.3) is 0 Å². The summed E-state index contributed by atoms with van der Waals surface area (Å²) in [5.74, 6) is 0.250. The van der Waals surface area contributed by atoms with Crippen LogP contribution in [0.2, 0.25) is 0 Å². The SMILES string of the molecule is O=[C-]c1ccco1.[Na+].[OH3+]. The van der Waals surface area contributed by atoms with Gasteiger partial charge in [0, 0.05) is 6.29 Å². The third kappa shape index (κ3) is 3.48. The average molecular weight is 137 g/mol. The van der Waals surface area contributed by atoms with E-state index in [2.05, 4.69) is 4.42 Å². The zero-order chi connectivity index (χ0) is 5.11. The second kappa shape index (κ2) is 6.04. The van der Waals surface area contributed by atoms with Gasteiger partial charge in [0.05, 0.1) is 6.26 Å². The van der Waals surface area contributed by atoms with Crippen molar-refractivity contribution >= 4 is 6.29 Å². The smallest absolute Gasteiger partial charge is 0.501 e. The second-order valence-corrected chi connectivity index (χ2v) is 1.08. The maximum atomic E-state index is 9.65.